The predicted molar refractivity (Wildman–Crippen MR) is 125 cm³/mol. The van der Waals surface area contributed by atoms with Gasteiger partial charge in [0.1, 0.15) is 29.0 Å². The van der Waals surface area contributed by atoms with Crippen molar-refractivity contribution in [3.8, 4) is 17.2 Å². The van der Waals surface area contributed by atoms with E-state index in [4.69, 9.17) is 14.2 Å². The first-order valence-electron chi connectivity index (χ1n) is 10.1. The van der Waals surface area contributed by atoms with E-state index in [2.05, 4.69) is 0 Å². The summed E-state index contributed by atoms with van der Waals surface area (Å²) in [5.41, 5.74) is 1.73. The Kier molecular flexibility index (Phi) is 5.99. The molecule has 1 aliphatic heterocycles. The molecule has 0 radical (unpaired) electrons. The quantitative estimate of drug-likeness (QED) is 0.507. The molecule has 1 aliphatic rings. The number of thioether (sulfide) groups is 1. The van der Waals surface area contributed by atoms with E-state index >= 15 is 0 Å². The highest BCUT2D eigenvalue weighted by molar-refractivity contribution is 8.08. The number of aliphatic hydroxyl groups is 1. The minimum atomic E-state index is -0.896. The van der Waals surface area contributed by atoms with Gasteiger partial charge in [-0.15, -0.1) is 0 Å². The fraction of sp³-hybridized carbons (Fsp3) is 0.231. The van der Waals surface area contributed by atoms with Crippen LogP contribution in [0.4, 0.5) is 0 Å². The molecule has 0 amide bonds. The first-order chi connectivity index (χ1) is 14.9. The van der Waals surface area contributed by atoms with Crippen LogP contribution in [0.15, 0.2) is 83.3 Å². The lowest BCUT2D eigenvalue weighted by molar-refractivity contribution is 0.0980. The Labute approximate surface area is 187 Å². The molecule has 5 heteroatoms. The van der Waals surface area contributed by atoms with Gasteiger partial charge in [0.2, 0.25) is 0 Å². The molecule has 4 rings (SSSR count). The number of hydrogen-bond donors (Lipinski definition) is 1. The fourth-order valence-corrected chi connectivity index (χ4v) is 5.19. The van der Waals surface area contributed by atoms with Crippen LogP contribution < -0.4 is 14.2 Å². The van der Waals surface area contributed by atoms with Crippen molar-refractivity contribution in [1.82, 2.24) is 0 Å². The second kappa shape index (κ2) is 8.69. The fourth-order valence-electron chi connectivity index (χ4n) is 3.89. The molecule has 0 aromatic heterocycles. The molecule has 1 heterocycles. The maximum atomic E-state index is 11.6. The van der Waals surface area contributed by atoms with Gasteiger partial charge >= 0.3 is 0 Å². The third-order valence-corrected chi connectivity index (χ3v) is 6.49. The van der Waals surface area contributed by atoms with Crippen LogP contribution in [0, 0.1) is 0 Å². The second-order valence-electron chi connectivity index (χ2n) is 7.78. The molecule has 0 saturated heterocycles. The maximum absolute atomic E-state index is 11.6. The van der Waals surface area contributed by atoms with Gasteiger partial charge in [-0.05, 0) is 44.2 Å². The summed E-state index contributed by atoms with van der Waals surface area (Å²) in [5, 5.41) is 11.6. The summed E-state index contributed by atoms with van der Waals surface area (Å²) in [6.45, 7) is 3.98. The van der Waals surface area contributed by atoms with Gasteiger partial charge in [-0.2, -0.15) is 0 Å². The van der Waals surface area contributed by atoms with E-state index in [1.165, 1.54) is 0 Å². The Balaban J connectivity index is 1.92. The van der Waals surface area contributed by atoms with E-state index in [-0.39, 0.29) is 0 Å². The van der Waals surface area contributed by atoms with Crippen LogP contribution in [0.5, 0.6) is 17.2 Å². The first-order valence-corrected chi connectivity index (χ1v) is 10.9. The van der Waals surface area contributed by atoms with Crippen LogP contribution in [0.1, 0.15) is 31.1 Å². The number of fused-ring (bicyclic) bond motifs is 1. The van der Waals surface area contributed by atoms with Gasteiger partial charge in [0, 0.05) is 26.5 Å². The lowest BCUT2D eigenvalue weighted by Crippen LogP contribution is -2.37. The van der Waals surface area contributed by atoms with Crippen molar-refractivity contribution in [2.24, 2.45) is 0 Å². The summed E-state index contributed by atoms with van der Waals surface area (Å²) < 4.78 is 17.3. The first kappa shape index (κ1) is 21.3. The van der Waals surface area contributed by atoms with E-state index in [0.717, 1.165) is 32.4 Å². The molecule has 160 valence electrons. The highest BCUT2D eigenvalue weighted by Gasteiger charge is 2.40. The topological polar surface area (TPSA) is 47.9 Å². The Morgan fingerprint density at radius 1 is 0.903 bits per heavy atom. The molecule has 1 atom stereocenters. The molecule has 3 aromatic rings. The van der Waals surface area contributed by atoms with Crippen LogP contribution in [0.3, 0.4) is 0 Å². The molecule has 0 aliphatic carbocycles. The monoisotopic (exact) mass is 434 g/mol. The molecule has 0 saturated carbocycles. The van der Waals surface area contributed by atoms with Gasteiger partial charge in [0.25, 0.3) is 0 Å². The van der Waals surface area contributed by atoms with Gasteiger partial charge in [0.15, 0.2) is 0 Å². The van der Waals surface area contributed by atoms with E-state index in [0.29, 0.717) is 11.3 Å². The number of para-hydroxylation sites is 2. The van der Waals surface area contributed by atoms with Gasteiger partial charge < -0.3 is 19.3 Å². The zero-order chi connectivity index (χ0) is 22.0. The average Bonchev–Trinajstić information content (AvgIpc) is 2.78. The van der Waals surface area contributed by atoms with Crippen molar-refractivity contribution in [3.05, 3.63) is 89.5 Å². The smallest absolute Gasteiger partial charge is 0.129 e. The van der Waals surface area contributed by atoms with Crippen molar-refractivity contribution in [1.29, 1.82) is 0 Å². The summed E-state index contributed by atoms with van der Waals surface area (Å²) in [6.07, 6.45) is -0.896. The highest BCUT2D eigenvalue weighted by Crippen LogP contribution is 2.52. The SMILES string of the molecule is COc1cccc(SC2=C(C(O)c3ccccc3OC)C(C)(C)Oc3ccccc32)c1. The molecule has 3 aromatic carbocycles. The minimum Gasteiger partial charge on any atom is -0.497 e. The largest absolute Gasteiger partial charge is 0.497 e. The highest BCUT2D eigenvalue weighted by atomic mass is 32.2. The van der Waals surface area contributed by atoms with E-state index < -0.39 is 11.7 Å². The second-order valence-corrected chi connectivity index (χ2v) is 8.86. The van der Waals surface area contributed by atoms with Crippen LogP contribution in [0.2, 0.25) is 0 Å². The summed E-state index contributed by atoms with van der Waals surface area (Å²) >= 11 is 1.60. The summed E-state index contributed by atoms with van der Waals surface area (Å²) in [4.78, 5) is 1.99. The van der Waals surface area contributed by atoms with Crippen molar-refractivity contribution >= 4 is 16.7 Å². The minimum absolute atomic E-state index is 0.642. The molecule has 1 unspecified atom stereocenters. The molecule has 1 N–H and O–H groups in total. The Hall–Kier alpha value is -2.89. The van der Waals surface area contributed by atoms with Gasteiger partial charge in [0.05, 0.1) is 14.2 Å². The van der Waals surface area contributed by atoms with E-state index in [9.17, 15) is 5.11 Å². The standard InChI is InChI=1S/C26H26O4S/c1-26(2)23(24(27)19-12-5-7-14-21(19)29-4)25(20-13-6-8-15-22(20)30-26)31-18-11-9-10-17(16-18)28-3/h5-16,24,27H,1-4H3. The average molecular weight is 435 g/mol. The molecule has 0 bridgehead atoms. The van der Waals surface area contributed by atoms with E-state index in [1.807, 2.05) is 86.6 Å². The normalized spacial score (nSPS) is 15.6. The number of benzene rings is 3. The number of aliphatic hydroxyl groups excluding tert-OH is 1. The van der Waals surface area contributed by atoms with E-state index in [1.54, 1.807) is 26.0 Å². The number of rotatable bonds is 6. The summed E-state index contributed by atoms with van der Waals surface area (Å²) in [7, 11) is 3.27. The summed E-state index contributed by atoms with van der Waals surface area (Å²) in [5.74, 6) is 2.23. The van der Waals surface area contributed by atoms with Crippen molar-refractivity contribution in [2.45, 2.75) is 30.4 Å². The molecular weight excluding hydrogens is 408 g/mol. The van der Waals surface area contributed by atoms with Crippen LogP contribution in [0.25, 0.3) is 4.91 Å². The lowest BCUT2D eigenvalue weighted by atomic mass is 9.85. The molecule has 31 heavy (non-hydrogen) atoms. The summed E-state index contributed by atoms with van der Waals surface area (Å²) in [6, 6.07) is 23.4. The zero-order valence-electron chi connectivity index (χ0n) is 18.1. The van der Waals surface area contributed by atoms with Crippen molar-refractivity contribution in [3.63, 3.8) is 0 Å². The Bertz CT molecular complexity index is 1120. The number of hydrogen-bond acceptors (Lipinski definition) is 5. The number of methoxy groups -OCH3 is 2. The van der Waals surface area contributed by atoms with Crippen LogP contribution >= 0.6 is 11.8 Å². The molecule has 4 nitrogen and oxygen atoms in total. The lowest BCUT2D eigenvalue weighted by Gasteiger charge is -2.39. The third kappa shape index (κ3) is 4.16. The molecule has 0 fully saturated rings. The zero-order valence-corrected chi connectivity index (χ0v) is 18.9. The maximum Gasteiger partial charge on any atom is 0.129 e. The van der Waals surface area contributed by atoms with Crippen molar-refractivity contribution < 1.29 is 19.3 Å². The van der Waals surface area contributed by atoms with Crippen LogP contribution in [-0.2, 0) is 0 Å². The molecular formula is C26H26O4S. The molecule has 0 spiro atoms. The Morgan fingerprint density at radius 2 is 1.65 bits per heavy atom. The third-order valence-electron chi connectivity index (χ3n) is 5.36. The number of ether oxygens (including phenoxy) is 3. The van der Waals surface area contributed by atoms with Crippen molar-refractivity contribution in [2.75, 3.05) is 14.2 Å². The van der Waals surface area contributed by atoms with Gasteiger partial charge in [-0.3, -0.25) is 0 Å². The Morgan fingerprint density at radius 3 is 2.42 bits per heavy atom. The van der Waals surface area contributed by atoms with Gasteiger partial charge in [-0.25, -0.2) is 0 Å². The predicted octanol–water partition coefficient (Wildman–Crippen LogP) is 6.11. The van der Waals surface area contributed by atoms with Gasteiger partial charge in [-0.1, -0.05) is 54.2 Å². The van der Waals surface area contributed by atoms with Crippen LogP contribution in [-0.4, -0.2) is 24.9 Å².